The van der Waals surface area contributed by atoms with Crippen molar-refractivity contribution in [3.8, 4) is 23.0 Å². The molecule has 7 nitrogen and oxygen atoms in total. The Hall–Kier alpha value is -2.74. The molecule has 27 heavy (non-hydrogen) atoms. The molecule has 2 aromatic carbocycles. The molecule has 0 atom stereocenters. The lowest BCUT2D eigenvalue weighted by Crippen LogP contribution is -2.12. The van der Waals surface area contributed by atoms with Crippen molar-refractivity contribution in [1.29, 1.82) is 0 Å². The minimum Gasteiger partial charge on any atom is -0.493 e. The van der Waals surface area contributed by atoms with Gasteiger partial charge in [-0.15, -0.1) is 0 Å². The van der Waals surface area contributed by atoms with Crippen molar-refractivity contribution in [2.75, 3.05) is 27.9 Å². The van der Waals surface area contributed by atoms with E-state index < -0.39 is 11.9 Å². The van der Waals surface area contributed by atoms with Crippen LogP contribution in [0.5, 0.6) is 23.0 Å². The molecule has 0 bridgehead atoms. The Labute approximate surface area is 165 Å². The van der Waals surface area contributed by atoms with Gasteiger partial charge in [0.15, 0.2) is 11.5 Å². The van der Waals surface area contributed by atoms with Gasteiger partial charge in [0.05, 0.1) is 43.5 Å². The zero-order valence-electron chi connectivity index (χ0n) is 15.3. The predicted molar refractivity (Wildman–Crippen MR) is 101 cm³/mol. The molecule has 2 rings (SSSR count). The van der Waals surface area contributed by atoms with Crippen molar-refractivity contribution in [1.82, 2.24) is 0 Å². The minimum atomic E-state index is -0.665. The Kier molecular flexibility index (Phi) is 7.06. The van der Waals surface area contributed by atoms with E-state index in [-0.39, 0.29) is 23.5 Å². The first-order valence-electron chi connectivity index (χ1n) is 7.94. The SMILES string of the molecule is CCOC(=O)c1cccc(OC(=O)c2cc(OC)c(OC)c(OC)c2Br)c1. The molecule has 0 aromatic heterocycles. The number of halogens is 1. The van der Waals surface area contributed by atoms with Gasteiger partial charge in [-0.1, -0.05) is 6.07 Å². The van der Waals surface area contributed by atoms with Crippen LogP contribution in [-0.2, 0) is 4.74 Å². The molecular weight excluding hydrogens is 420 g/mol. The smallest absolute Gasteiger partial charge is 0.344 e. The molecule has 144 valence electrons. The summed E-state index contributed by atoms with van der Waals surface area (Å²) < 4.78 is 26.5. The Morgan fingerprint density at radius 2 is 1.67 bits per heavy atom. The Bertz CT molecular complexity index is 848. The number of carbonyl (C=O) groups excluding carboxylic acids is 2. The van der Waals surface area contributed by atoms with Gasteiger partial charge in [-0.05, 0) is 47.1 Å². The number of carbonyl (C=O) groups is 2. The van der Waals surface area contributed by atoms with Crippen molar-refractivity contribution in [2.45, 2.75) is 6.92 Å². The van der Waals surface area contributed by atoms with Crippen LogP contribution in [0.15, 0.2) is 34.8 Å². The van der Waals surface area contributed by atoms with Crippen molar-refractivity contribution in [3.63, 3.8) is 0 Å². The highest BCUT2D eigenvalue weighted by molar-refractivity contribution is 9.10. The van der Waals surface area contributed by atoms with E-state index in [9.17, 15) is 9.59 Å². The fourth-order valence-electron chi connectivity index (χ4n) is 2.33. The molecule has 0 unspecified atom stereocenters. The van der Waals surface area contributed by atoms with Crippen molar-refractivity contribution < 1.29 is 33.3 Å². The Morgan fingerprint density at radius 3 is 2.26 bits per heavy atom. The van der Waals surface area contributed by atoms with Crippen LogP contribution in [0.25, 0.3) is 0 Å². The Balaban J connectivity index is 2.36. The van der Waals surface area contributed by atoms with Crippen LogP contribution >= 0.6 is 15.9 Å². The first-order valence-corrected chi connectivity index (χ1v) is 8.73. The number of rotatable bonds is 7. The van der Waals surface area contributed by atoms with E-state index in [4.69, 9.17) is 23.7 Å². The average Bonchev–Trinajstić information content (AvgIpc) is 2.67. The second-order valence-electron chi connectivity index (χ2n) is 5.14. The summed E-state index contributed by atoms with van der Waals surface area (Å²) in [6, 6.07) is 7.64. The molecule has 2 aromatic rings. The molecule has 0 aliphatic rings. The fourth-order valence-corrected chi connectivity index (χ4v) is 2.95. The molecule has 0 heterocycles. The van der Waals surface area contributed by atoms with Gasteiger partial charge in [-0.25, -0.2) is 9.59 Å². The molecule has 8 heteroatoms. The molecule has 0 saturated heterocycles. The second-order valence-corrected chi connectivity index (χ2v) is 5.94. The number of benzene rings is 2. The summed E-state index contributed by atoms with van der Waals surface area (Å²) in [4.78, 5) is 24.5. The van der Waals surface area contributed by atoms with Crippen LogP contribution in [0.4, 0.5) is 0 Å². The largest absolute Gasteiger partial charge is 0.493 e. The maximum absolute atomic E-state index is 12.7. The van der Waals surface area contributed by atoms with Crippen LogP contribution in [0.2, 0.25) is 0 Å². The van der Waals surface area contributed by atoms with Gasteiger partial charge in [0.25, 0.3) is 0 Å². The van der Waals surface area contributed by atoms with Crippen molar-refractivity contribution >= 4 is 27.9 Å². The summed E-state index contributed by atoms with van der Waals surface area (Å²) in [7, 11) is 4.36. The third-order valence-corrected chi connectivity index (χ3v) is 4.33. The molecule has 0 radical (unpaired) electrons. The first-order chi connectivity index (χ1) is 13.0. The topological polar surface area (TPSA) is 80.3 Å². The monoisotopic (exact) mass is 438 g/mol. The van der Waals surface area contributed by atoms with E-state index in [2.05, 4.69) is 15.9 Å². The predicted octanol–water partition coefficient (Wildman–Crippen LogP) is 3.87. The van der Waals surface area contributed by atoms with Gasteiger partial charge in [0, 0.05) is 0 Å². The minimum absolute atomic E-state index is 0.172. The van der Waals surface area contributed by atoms with Crippen LogP contribution < -0.4 is 18.9 Å². The van der Waals surface area contributed by atoms with E-state index in [1.807, 2.05) is 0 Å². The van der Waals surface area contributed by atoms with E-state index in [0.29, 0.717) is 21.7 Å². The first kappa shape index (κ1) is 20.6. The number of hydrogen-bond acceptors (Lipinski definition) is 7. The summed E-state index contributed by atoms with van der Waals surface area (Å²) in [5.74, 6) is -0.0145. The van der Waals surface area contributed by atoms with Crippen LogP contribution in [0, 0.1) is 0 Å². The molecule has 0 N–H and O–H groups in total. The third kappa shape index (κ3) is 4.51. The maximum Gasteiger partial charge on any atom is 0.344 e. The number of methoxy groups -OCH3 is 3. The lowest BCUT2D eigenvalue weighted by Gasteiger charge is -2.16. The van der Waals surface area contributed by atoms with Crippen molar-refractivity contribution in [2.24, 2.45) is 0 Å². The molecule has 0 amide bonds. The highest BCUT2D eigenvalue weighted by Crippen LogP contribution is 2.44. The molecule has 0 spiro atoms. The highest BCUT2D eigenvalue weighted by atomic mass is 79.9. The zero-order chi connectivity index (χ0) is 20.0. The van der Waals surface area contributed by atoms with Crippen LogP contribution in [0.3, 0.4) is 0 Å². The van der Waals surface area contributed by atoms with E-state index in [1.54, 1.807) is 25.1 Å². The fraction of sp³-hybridized carbons (Fsp3) is 0.263. The summed E-state index contributed by atoms with van der Waals surface area (Å²) in [5.41, 5.74) is 0.456. The standard InChI is InChI=1S/C19H19BrO7/c1-5-26-18(21)11-7-6-8-12(9-11)27-19(22)13-10-14(23-2)16(24-3)17(25-4)15(13)20/h6-10H,5H2,1-4H3. The summed E-state index contributed by atoms with van der Waals surface area (Å²) in [6.07, 6.45) is 0. The summed E-state index contributed by atoms with van der Waals surface area (Å²) >= 11 is 3.33. The van der Waals surface area contributed by atoms with Crippen molar-refractivity contribution in [3.05, 3.63) is 45.9 Å². The maximum atomic E-state index is 12.7. The molecule has 0 fully saturated rings. The van der Waals surface area contributed by atoms with E-state index in [0.717, 1.165) is 0 Å². The quantitative estimate of drug-likeness (QED) is 0.479. The number of ether oxygens (including phenoxy) is 5. The van der Waals surface area contributed by atoms with Gasteiger partial charge < -0.3 is 23.7 Å². The normalized spacial score (nSPS) is 10.1. The summed E-state index contributed by atoms with van der Waals surface area (Å²) in [5, 5.41) is 0. The molecule has 0 aliphatic heterocycles. The van der Waals surface area contributed by atoms with E-state index >= 15 is 0 Å². The van der Waals surface area contributed by atoms with Crippen LogP contribution in [0.1, 0.15) is 27.6 Å². The lowest BCUT2D eigenvalue weighted by atomic mass is 10.1. The lowest BCUT2D eigenvalue weighted by molar-refractivity contribution is 0.0524. The molecular formula is C19H19BrO7. The zero-order valence-corrected chi connectivity index (χ0v) is 16.9. The van der Waals surface area contributed by atoms with Gasteiger partial charge in [-0.3, -0.25) is 0 Å². The van der Waals surface area contributed by atoms with Crippen LogP contribution in [-0.4, -0.2) is 39.9 Å². The Morgan fingerprint density at radius 1 is 0.963 bits per heavy atom. The average molecular weight is 439 g/mol. The van der Waals surface area contributed by atoms with Gasteiger partial charge in [0.2, 0.25) is 5.75 Å². The van der Waals surface area contributed by atoms with Gasteiger partial charge >= 0.3 is 11.9 Å². The third-order valence-electron chi connectivity index (χ3n) is 3.55. The van der Waals surface area contributed by atoms with Gasteiger partial charge in [0.1, 0.15) is 5.75 Å². The second kappa shape index (κ2) is 9.27. The highest BCUT2D eigenvalue weighted by Gasteiger charge is 2.24. The number of esters is 2. The number of hydrogen-bond donors (Lipinski definition) is 0. The van der Waals surface area contributed by atoms with E-state index in [1.165, 1.54) is 33.5 Å². The molecule has 0 saturated carbocycles. The van der Waals surface area contributed by atoms with Gasteiger partial charge in [-0.2, -0.15) is 0 Å². The molecule has 0 aliphatic carbocycles. The summed E-state index contributed by atoms with van der Waals surface area (Å²) in [6.45, 7) is 1.96.